The van der Waals surface area contributed by atoms with Crippen molar-refractivity contribution in [3.63, 3.8) is 0 Å². The molecule has 0 radical (unpaired) electrons. The topological polar surface area (TPSA) is 85.5 Å². The number of amides is 1. The first-order valence-corrected chi connectivity index (χ1v) is 9.36. The number of carbonyl (C=O) groups excluding carboxylic acids is 1. The Balaban J connectivity index is 3.00. The minimum absolute atomic E-state index is 0.0830. The molecule has 2 N–H and O–H groups in total. The van der Waals surface area contributed by atoms with Gasteiger partial charge in [-0.1, -0.05) is 49.3 Å². The van der Waals surface area contributed by atoms with Crippen molar-refractivity contribution in [2.45, 2.75) is 60.4 Å². The van der Waals surface area contributed by atoms with Crippen molar-refractivity contribution in [3.05, 3.63) is 35.9 Å². The van der Waals surface area contributed by atoms with Crippen molar-refractivity contribution in [1.29, 1.82) is 0 Å². The first kappa shape index (κ1) is 22.7. The van der Waals surface area contributed by atoms with Crippen molar-refractivity contribution >= 4 is 17.3 Å². The summed E-state index contributed by atoms with van der Waals surface area (Å²) in [4.78, 5) is 14.9. The summed E-state index contributed by atoms with van der Waals surface area (Å²) in [6.45, 7) is 12.2. The Bertz CT molecular complexity index is 669. The number of rotatable bonds is 9. The van der Waals surface area contributed by atoms with E-state index in [-0.39, 0.29) is 23.3 Å². The molecule has 0 aromatic heterocycles. The zero-order valence-corrected chi connectivity index (χ0v) is 17.3. The van der Waals surface area contributed by atoms with Gasteiger partial charge in [0.2, 0.25) is 0 Å². The maximum absolute atomic E-state index is 13.1. The molecule has 1 aromatic carbocycles. The van der Waals surface area contributed by atoms with Crippen LogP contribution in [0.25, 0.3) is 0 Å². The van der Waals surface area contributed by atoms with Gasteiger partial charge in [0.05, 0.1) is 17.5 Å². The molecule has 0 heterocycles. The third kappa shape index (κ3) is 6.70. The van der Waals surface area contributed by atoms with Gasteiger partial charge in [0, 0.05) is 12.1 Å². The van der Waals surface area contributed by atoms with Gasteiger partial charge in [-0.3, -0.25) is 4.79 Å². The number of hydrogen-bond acceptors (Lipinski definition) is 5. The van der Waals surface area contributed by atoms with E-state index in [1.54, 1.807) is 24.0 Å². The minimum Gasteiger partial charge on any atom is -0.411 e. The van der Waals surface area contributed by atoms with E-state index in [2.05, 4.69) is 24.2 Å². The molecule has 6 nitrogen and oxygen atoms in total. The Labute approximate surface area is 162 Å². The molecule has 0 bridgehead atoms. The van der Waals surface area contributed by atoms with Crippen LogP contribution in [0, 0.1) is 11.3 Å². The molecule has 0 aliphatic heterocycles. The van der Waals surface area contributed by atoms with Gasteiger partial charge in [-0.05, 0) is 57.1 Å². The van der Waals surface area contributed by atoms with Crippen molar-refractivity contribution in [2.24, 2.45) is 21.6 Å². The summed E-state index contributed by atoms with van der Waals surface area (Å²) >= 11 is 0. The number of carbonyl (C=O) groups is 1. The Morgan fingerprint density at radius 2 is 1.63 bits per heavy atom. The Kier molecular flexibility index (Phi) is 8.47. The predicted octanol–water partition coefficient (Wildman–Crippen LogP) is 4.66. The lowest BCUT2D eigenvalue weighted by Crippen LogP contribution is -2.47. The molecule has 0 saturated carbocycles. The summed E-state index contributed by atoms with van der Waals surface area (Å²) < 4.78 is 0. The highest BCUT2D eigenvalue weighted by atomic mass is 16.4. The van der Waals surface area contributed by atoms with E-state index in [1.165, 1.54) is 0 Å². The van der Waals surface area contributed by atoms with Gasteiger partial charge >= 0.3 is 0 Å². The largest absolute Gasteiger partial charge is 0.411 e. The lowest BCUT2D eigenvalue weighted by Gasteiger charge is -2.37. The molecular weight excluding hydrogens is 342 g/mol. The number of oxime groups is 2. The van der Waals surface area contributed by atoms with Crippen LogP contribution in [-0.4, -0.2) is 45.2 Å². The molecule has 150 valence electrons. The number of hydrogen-bond donors (Lipinski definition) is 2. The van der Waals surface area contributed by atoms with E-state index in [0.29, 0.717) is 23.5 Å². The van der Waals surface area contributed by atoms with E-state index in [9.17, 15) is 10.0 Å². The summed E-state index contributed by atoms with van der Waals surface area (Å²) in [5.74, 6) is 0.0889. The van der Waals surface area contributed by atoms with Gasteiger partial charge < -0.3 is 15.3 Å². The van der Waals surface area contributed by atoms with E-state index < -0.39 is 0 Å². The third-order valence-electron chi connectivity index (χ3n) is 5.23. The smallest absolute Gasteiger partial charge is 0.254 e. The number of benzene rings is 1. The Morgan fingerprint density at radius 3 is 2.15 bits per heavy atom. The molecule has 1 aromatic rings. The van der Waals surface area contributed by atoms with Crippen LogP contribution in [0.3, 0.4) is 0 Å². The Hall–Kier alpha value is -2.37. The molecule has 2 atom stereocenters. The van der Waals surface area contributed by atoms with Crippen LogP contribution in [-0.2, 0) is 0 Å². The fourth-order valence-electron chi connectivity index (χ4n) is 2.90. The second-order valence-corrected chi connectivity index (χ2v) is 8.06. The highest BCUT2D eigenvalue weighted by Crippen LogP contribution is 2.28. The van der Waals surface area contributed by atoms with Gasteiger partial charge in [-0.15, -0.1) is 0 Å². The zero-order chi connectivity index (χ0) is 20.6. The number of nitrogens with zero attached hydrogens (tertiary/aromatic N) is 3. The summed E-state index contributed by atoms with van der Waals surface area (Å²) in [6, 6.07) is 8.83. The third-order valence-corrected chi connectivity index (χ3v) is 5.23. The lowest BCUT2D eigenvalue weighted by atomic mass is 9.83. The van der Waals surface area contributed by atoms with Crippen molar-refractivity contribution in [3.8, 4) is 0 Å². The van der Waals surface area contributed by atoms with Crippen LogP contribution in [0.4, 0.5) is 0 Å². The first-order chi connectivity index (χ1) is 12.6. The molecule has 1 rings (SSSR count). The van der Waals surface area contributed by atoms with Crippen LogP contribution in [0.5, 0.6) is 0 Å². The van der Waals surface area contributed by atoms with Crippen LogP contribution >= 0.6 is 0 Å². The second kappa shape index (κ2) is 10.1. The fraction of sp³-hybridized carbons (Fsp3) is 0.571. The highest BCUT2D eigenvalue weighted by Gasteiger charge is 2.30. The maximum Gasteiger partial charge on any atom is 0.254 e. The van der Waals surface area contributed by atoms with Crippen LogP contribution in [0.15, 0.2) is 40.6 Å². The van der Waals surface area contributed by atoms with Crippen LogP contribution in [0.2, 0.25) is 0 Å². The van der Waals surface area contributed by atoms with E-state index >= 15 is 0 Å². The molecule has 0 unspecified atom stereocenters. The molecular formula is C21H33N3O3. The average molecular weight is 376 g/mol. The van der Waals surface area contributed by atoms with Gasteiger partial charge in [-0.2, -0.15) is 0 Å². The monoisotopic (exact) mass is 375 g/mol. The first-order valence-electron chi connectivity index (χ1n) is 9.36. The van der Waals surface area contributed by atoms with Gasteiger partial charge in [0.15, 0.2) is 0 Å². The zero-order valence-electron chi connectivity index (χ0n) is 17.3. The molecule has 0 saturated heterocycles. The fourth-order valence-corrected chi connectivity index (χ4v) is 2.90. The second-order valence-electron chi connectivity index (χ2n) is 8.06. The minimum atomic E-state index is -0.319. The standard InChI is InChI=1S/C21H33N3O3/c1-15(16(2)22-26)12-13-21(5,6)14-24(18(4)17(3)23-27)20(25)19-10-8-7-9-11-19/h7-11,15,18,26-27H,12-14H2,1-6H3/b22-16+,23-17+/t15-,18+/m0/s1. The maximum atomic E-state index is 13.1. The quantitative estimate of drug-likeness (QED) is 0.374. The highest BCUT2D eigenvalue weighted by molar-refractivity contribution is 5.98. The molecule has 0 spiro atoms. The summed E-state index contributed by atoms with van der Waals surface area (Å²) in [5, 5.41) is 24.7. The van der Waals surface area contributed by atoms with Crippen molar-refractivity contribution in [1.82, 2.24) is 4.90 Å². The summed E-state index contributed by atoms with van der Waals surface area (Å²) in [6.07, 6.45) is 1.72. The molecule has 0 aliphatic carbocycles. The molecule has 0 fully saturated rings. The summed E-state index contributed by atoms with van der Waals surface area (Å²) in [5.41, 5.74) is 1.66. The van der Waals surface area contributed by atoms with Gasteiger partial charge in [0.1, 0.15) is 0 Å². The van der Waals surface area contributed by atoms with Crippen LogP contribution < -0.4 is 0 Å². The van der Waals surface area contributed by atoms with Crippen molar-refractivity contribution in [2.75, 3.05) is 6.54 Å². The van der Waals surface area contributed by atoms with Gasteiger partial charge in [-0.25, -0.2) is 0 Å². The van der Waals surface area contributed by atoms with E-state index in [4.69, 9.17) is 5.21 Å². The summed E-state index contributed by atoms with van der Waals surface area (Å²) in [7, 11) is 0. The molecule has 1 amide bonds. The van der Waals surface area contributed by atoms with E-state index in [1.807, 2.05) is 39.0 Å². The lowest BCUT2D eigenvalue weighted by molar-refractivity contribution is 0.0642. The molecule has 0 aliphatic rings. The van der Waals surface area contributed by atoms with E-state index in [0.717, 1.165) is 12.8 Å². The van der Waals surface area contributed by atoms with Crippen molar-refractivity contribution < 1.29 is 15.2 Å². The molecule has 6 heteroatoms. The average Bonchev–Trinajstić information content (AvgIpc) is 2.68. The Morgan fingerprint density at radius 1 is 1.07 bits per heavy atom. The van der Waals surface area contributed by atoms with Gasteiger partial charge in [0.25, 0.3) is 5.91 Å². The van der Waals surface area contributed by atoms with Crippen LogP contribution in [0.1, 0.15) is 64.7 Å². The predicted molar refractivity (Wildman–Crippen MR) is 109 cm³/mol. The SMILES string of the molecule is C/C(=N\O)[C@@H](C)N(CC(C)(C)CC[C@H](C)/C(C)=N/O)C(=O)c1ccccc1. The normalized spacial score (nSPS) is 15.3. The molecule has 27 heavy (non-hydrogen) atoms.